The molecule has 0 spiro atoms. The second kappa shape index (κ2) is 43.4. The Bertz CT molecular complexity index is 3890. The van der Waals surface area contributed by atoms with E-state index in [1.54, 1.807) is 72.8 Å². The zero-order valence-corrected chi connectivity index (χ0v) is 63.4. The van der Waals surface area contributed by atoms with Gasteiger partial charge in [0.15, 0.2) is 12.2 Å². The van der Waals surface area contributed by atoms with Crippen molar-refractivity contribution in [2.45, 2.75) is 108 Å². The van der Waals surface area contributed by atoms with E-state index >= 15 is 0 Å². The summed E-state index contributed by atoms with van der Waals surface area (Å²) in [6, 6.07) is 43.4. The van der Waals surface area contributed by atoms with Crippen LogP contribution in [0.3, 0.4) is 0 Å². The Morgan fingerprint density at radius 3 is 0.712 bits per heavy atom. The van der Waals surface area contributed by atoms with Gasteiger partial charge in [0, 0.05) is 63.8 Å². The molecule has 0 heterocycles. The number of carbonyl (C=O) groups excluding carboxylic acids is 8. The summed E-state index contributed by atoms with van der Waals surface area (Å²) in [6.45, 7) is 25.6. The lowest BCUT2D eigenvalue weighted by molar-refractivity contribution is -0.154. The Labute approximate surface area is 645 Å². The first-order valence-corrected chi connectivity index (χ1v) is 35.2. The highest BCUT2D eigenvalue weighted by Gasteiger charge is 2.28. The number of esters is 8. The molecule has 0 fully saturated rings. The van der Waals surface area contributed by atoms with Crippen LogP contribution in [0.2, 0.25) is 0 Å². The van der Waals surface area contributed by atoms with Gasteiger partial charge >= 0.3 is 47.8 Å². The maximum Gasteiger partial charge on any atom is 0.333 e. The Kier molecular flexibility index (Phi) is 34.4. The van der Waals surface area contributed by atoms with Crippen LogP contribution in [-0.2, 0) is 92.5 Å². The van der Waals surface area contributed by atoms with Crippen LogP contribution in [0.25, 0.3) is 0 Å². The highest BCUT2D eigenvalue weighted by Crippen LogP contribution is 2.37. The molecule has 6 unspecified atom stereocenters. The van der Waals surface area contributed by atoms with Gasteiger partial charge in [-0.25, -0.2) is 38.4 Å². The lowest BCUT2D eigenvalue weighted by Gasteiger charge is -2.27. The Morgan fingerprint density at radius 2 is 0.495 bits per heavy atom. The zero-order valence-electron chi connectivity index (χ0n) is 63.4. The van der Waals surface area contributed by atoms with E-state index in [1.165, 1.54) is 13.8 Å². The normalized spacial score (nSPS) is 13.1. The molecule has 0 aliphatic carbocycles. The summed E-state index contributed by atoms with van der Waals surface area (Å²) in [5.74, 6) is -3.99. The Morgan fingerprint density at radius 1 is 0.297 bits per heavy atom. The summed E-state index contributed by atoms with van der Waals surface area (Å²) < 4.78 is 76.0. The third-order valence-electron chi connectivity index (χ3n) is 16.9. The largest absolute Gasteiger partial charge is 0.491 e. The minimum atomic E-state index is -1.23. The molecule has 0 amide bonds. The molecular formula is C85H96O26. The average molecular weight is 1530 g/mol. The molecule has 111 heavy (non-hydrogen) atoms. The highest BCUT2D eigenvalue weighted by atomic mass is 16.6. The first-order valence-electron chi connectivity index (χ1n) is 35.2. The molecule has 6 atom stereocenters. The van der Waals surface area contributed by atoms with Crippen molar-refractivity contribution in [1.82, 2.24) is 0 Å². The molecule has 4 N–H and O–H groups in total. The van der Waals surface area contributed by atoms with Gasteiger partial charge in [-0.2, -0.15) is 0 Å². The van der Waals surface area contributed by atoms with Crippen LogP contribution >= 0.6 is 0 Å². The summed E-state index contributed by atoms with van der Waals surface area (Å²) >= 11 is 0. The first kappa shape index (κ1) is 88.1. The molecular weight excluding hydrogens is 1440 g/mol. The number of benzene rings is 6. The first-order chi connectivity index (χ1) is 52.7. The molecule has 6 aromatic rings. The van der Waals surface area contributed by atoms with Gasteiger partial charge in [-0.3, -0.25) is 0 Å². The van der Waals surface area contributed by atoms with Crippen molar-refractivity contribution in [1.29, 1.82) is 0 Å². The summed E-state index contributed by atoms with van der Waals surface area (Å²) in [4.78, 5) is 98.2. The predicted octanol–water partition coefficient (Wildman–Crippen LogP) is 9.50. The van der Waals surface area contributed by atoms with Gasteiger partial charge in [-0.1, -0.05) is 141 Å². The van der Waals surface area contributed by atoms with Gasteiger partial charge in [0.1, 0.15) is 138 Å². The number of rotatable bonds is 46. The fourth-order valence-electron chi connectivity index (χ4n) is 10.1. The molecule has 0 saturated carbocycles. The maximum atomic E-state index is 12.9. The lowest BCUT2D eigenvalue weighted by Crippen LogP contribution is -2.30. The van der Waals surface area contributed by atoms with Crippen molar-refractivity contribution < 1.29 is 125 Å². The number of hydrogen-bond donors (Lipinski definition) is 4. The highest BCUT2D eigenvalue weighted by molar-refractivity contribution is 5.92. The number of carbonyl (C=O) groups is 8. The van der Waals surface area contributed by atoms with Crippen molar-refractivity contribution in [3.05, 3.63) is 253 Å². The number of hydrogen-bond acceptors (Lipinski definition) is 26. The van der Waals surface area contributed by atoms with Gasteiger partial charge in [0.2, 0.25) is 0 Å². The second-order valence-corrected chi connectivity index (χ2v) is 27.0. The van der Waals surface area contributed by atoms with Crippen LogP contribution in [0.15, 0.2) is 220 Å². The SMILES string of the molecule is C=CC(=O)OCC(COc1ccc(C(C)(C)c2ccc(OCC(COC(=O)C=C)OC(=O)/C=C/C(=O)OCC(O)COc3ccc(C(C)(C)c4ccc(OCC(O)COC(=O)C(=C)C)cc4)cc3)cc2)cc1)OC(=O)/C=C/C(=O)OCC(O)COc1ccc(C(C)(C)c2ccc(OCC(O)COC(=O)C(=C)C)cc2)cc1. The lowest BCUT2D eigenvalue weighted by atomic mass is 9.78. The molecule has 0 saturated heterocycles. The van der Waals surface area contributed by atoms with Crippen LogP contribution in [0.1, 0.15) is 88.8 Å². The van der Waals surface area contributed by atoms with Gasteiger partial charge < -0.3 is 86.7 Å². The zero-order chi connectivity index (χ0) is 81.3. The van der Waals surface area contributed by atoms with Gasteiger partial charge in [-0.15, -0.1) is 0 Å². The van der Waals surface area contributed by atoms with E-state index in [9.17, 15) is 58.8 Å². The molecule has 0 aromatic heterocycles. The summed E-state index contributed by atoms with van der Waals surface area (Å²) in [6.07, 6.45) is -1.68. The van der Waals surface area contributed by atoms with Crippen molar-refractivity contribution in [2.24, 2.45) is 0 Å². The quantitative estimate of drug-likeness (QED) is 0.0157. The van der Waals surface area contributed by atoms with Gasteiger partial charge in [0.25, 0.3) is 0 Å². The van der Waals surface area contributed by atoms with E-state index in [0.29, 0.717) is 34.5 Å². The number of aliphatic hydroxyl groups is 4. The van der Waals surface area contributed by atoms with E-state index in [1.807, 2.05) is 114 Å². The smallest absolute Gasteiger partial charge is 0.333 e. The molecule has 6 rings (SSSR count). The topological polar surface area (TPSA) is 347 Å². The second-order valence-electron chi connectivity index (χ2n) is 27.0. The minimum Gasteiger partial charge on any atom is -0.491 e. The maximum absolute atomic E-state index is 12.9. The molecule has 0 aliphatic rings. The third-order valence-corrected chi connectivity index (χ3v) is 16.9. The van der Waals surface area contributed by atoms with Crippen molar-refractivity contribution in [3.8, 4) is 34.5 Å². The summed E-state index contributed by atoms with van der Waals surface area (Å²) in [5, 5.41) is 41.4. The summed E-state index contributed by atoms with van der Waals surface area (Å²) in [7, 11) is 0. The number of ether oxygens (including phenoxy) is 14. The van der Waals surface area contributed by atoms with E-state index < -0.39 is 127 Å². The van der Waals surface area contributed by atoms with Gasteiger partial charge in [0.05, 0.1) is 0 Å². The van der Waals surface area contributed by atoms with Crippen molar-refractivity contribution >= 4 is 47.8 Å². The van der Waals surface area contributed by atoms with Crippen LogP contribution in [0, 0.1) is 0 Å². The van der Waals surface area contributed by atoms with E-state index in [-0.39, 0.29) is 64.0 Å². The van der Waals surface area contributed by atoms with E-state index in [0.717, 1.165) is 69.8 Å². The Hall–Kier alpha value is -11.8. The van der Waals surface area contributed by atoms with Crippen LogP contribution in [0.5, 0.6) is 34.5 Å². The van der Waals surface area contributed by atoms with Crippen LogP contribution in [0.4, 0.5) is 0 Å². The van der Waals surface area contributed by atoms with Crippen LogP contribution < -0.4 is 28.4 Å². The van der Waals surface area contributed by atoms with Crippen molar-refractivity contribution in [2.75, 3.05) is 79.3 Å². The minimum absolute atomic E-state index is 0.0813. The summed E-state index contributed by atoms with van der Waals surface area (Å²) in [5.41, 5.74) is 4.57. The molecule has 0 radical (unpaired) electrons. The molecule has 0 bridgehead atoms. The standard InChI is InChI=1S/C85H96O26/c1-13-75(90)106-53-73(110-79(94)41-39-77(92)104-47-63(86)43-98-67-27-15-57(16-28-67)83(7,8)59-19-31-69(32-20-59)100-45-65(88)49-108-81(96)55(3)4)51-102-71-35-23-61(24-36-71)85(11,12)62-25-37-72(38-26-62)103-52-74(54-107-76(91)14-2)111-80(95)42-40-78(93)105-48-64(87)44-99-68-29-17-58(18-30-68)84(9,10)60-21-33-70(34-22-60)101-46-66(89)50-109-82(97)56(5)6/h13-42,63-66,73-74,86-89H,1-3,5,43-54H2,4,6-12H3/b41-39+,42-40+. The fraction of sp³-hybridized carbons (Fsp3) is 0.341. The van der Waals surface area contributed by atoms with E-state index in [2.05, 4.69) is 26.3 Å². The molecule has 26 nitrogen and oxygen atoms in total. The molecule has 26 heteroatoms. The predicted molar refractivity (Wildman–Crippen MR) is 406 cm³/mol. The third kappa shape index (κ3) is 29.9. The molecule has 6 aromatic carbocycles. The molecule has 0 aliphatic heterocycles. The molecule has 592 valence electrons. The van der Waals surface area contributed by atoms with E-state index in [4.69, 9.17) is 66.3 Å². The monoisotopic (exact) mass is 1530 g/mol. The van der Waals surface area contributed by atoms with Crippen LogP contribution in [-0.4, -0.2) is 184 Å². The average Bonchev–Trinajstić information content (AvgIpc) is 0.814. The van der Waals surface area contributed by atoms with Gasteiger partial charge in [-0.05, 0) is 120 Å². The fourth-order valence-corrected chi connectivity index (χ4v) is 10.1. The number of aliphatic hydroxyl groups excluding tert-OH is 4. The van der Waals surface area contributed by atoms with Crippen molar-refractivity contribution in [3.63, 3.8) is 0 Å². The Balaban J connectivity index is 0.899.